The Morgan fingerprint density at radius 2 is 1.12 bits per heavy atom. The summed E-state index contributed by atoms with van der Waals surface area (Å²) in [4.78, 5) is 12.9. The van der Waals surface area contributed by atoms with Gasteiger partial charge in [0.15, 0.2) is 0 Å². The van der Waals surface area contributed by atoms with Crippen molar-refractivity contribution in [3.8, 4) is 44.4 Å². The van der Waals surface area contributed by atoms with Gasteiger partial charge in [0.1, 0.15) is 11.6 Å². The number of fused-ring (bicyclic) bond motifs is 5. The van der Waals surface area contributed by atoms with Gasteiger partial charge in [0.2, 0.25) is 0 Å². The third kappa shape index (κ3) is 8.42. The minimum Gasteiger partial charge on any atom is -0.507 e. The van der Waals surface area contributed by atoms with Crippen molar-refractivity contribution in [3.63, 3.8) is 0 Å². The zero-order valence-electron chi connectivity index (χ0n) is 44.8. The Bertz CT molecular complexity index is 3850. The average Bonchev–Trinajstić information content (AvgIpc) is 4.01. The predicted molar refractivity (Wildman–Crippen MR) is 316 cm³/mol. The van der Waals surface area contributed by atoms with E-state index in [1.807, 2.05) is 11.3 Å². The van der Waals surface area contributed by atoms with Crippen molar-refractivity contribution < 1.29 is 5.11 Å². The first-order valence-electron chi connectivity index (χ1n) is 25.9. The minimum atomic E-state index is -0.324. The molecule has 1 N–H and O–H groups in total. The molecule has 0 aliphatic carbocycles. The molecule has 6 heteroatoms. The monoisotopic (exact) mass is 972 g/mol. The van der Waals surface area contributed by atoms with Crippen LogP contribution in [0.2, 0.25) is 0 Å². The minimum absolute atomic E-state index is 0.0711. The first kappa shape index (κ1) is 48.3. The van der Waals surface area contributed by atoms with E-state index in [-0.39, 0.29) is 28.4 Å². The Morgan fingerprint density at radius 3 is 1.79 bits per heavy atom. The van der Waals surface area contributed by atoms with E-state index in [9.17, 15) is 5.11 Å². The van der Waals surface area contributed by atoms with E-state index in [1.165, 1.54) is 53.6 Å². The van der Waals surface area contributed by atoms with Crippen LogP contribution in [0.15, 0.2) is 163 Å². The Labute approximate surface area is 436 Å². The summed E-state index contributed by atoms with van der Waals surface area (Å²) < 4.78 is 3.64. The summed E-state index contributed by atoms with van der Waals surface area (Å²) in [6.45, 7) is 29.0. The zero-order chi connectivity index (χ0) is 51.5. The van der Waals surface area contributed by atoms with Crippen LogP contribution in [0.3, 0.4) is 0 Å². The molecule has 0 unspecified atom stereocenters. The SMILES string of the molecule is Cc1c(-c2ccccc2)sc2cc3c(cc12)c1ccccc1n3-c1cc(C(C)(C)C)cc(-c2cccc3c2N=C(c2cc(C(C)(C)C)cc(C(C)(C)C)c2O)B3c2ccc(C(C)(C)C)cc2-c2ccccc2)n1. The van der Waals surface area contributed by atoms with Gasteiger partial charge in [-0.1, -0.05) is 210 Å². The molecule has 0 spiro atoms. The lowest BCUT2D eigenvalue weighted by molar-refractivity contribution is 0.443. The number of aromatic nitrogens is 2. The number of aromatic hydroxyl groups is 1. The molecule has 0 saturated heterocycles. The number of pyridine rings is 1. The number of aliphatic imine (C=N–C) groups is 1. The summed E-state index contributed by atoms with van der Waals surface area (Å²) in [5, 5.41) is 16.4. The maximum Gasteiger partial charge on any atom is 0.269 e. The third-order valence-electron chi connectivity index (χ3n) is 15.2. The first-order chi connectivity index (χ1) is 34.6. The molecule has 0 radical (unpaired) electrons. The van der Waals surface area contributed by atoms with Crippen LogP contribution >= 0.6 is 11.3 Å². The molecule has 1 aliphatic heterocycles. The number of benzene rings is 7. The number of phenols is 1. The molecule has 10 aromatic rings. The number of hydrogen-bond donors (Lipinski definition) is 1. The fraction of sp³-hybridized carbons (Fsp3) is 0.254. The van der Waals surface area contributed by atoms with Gasteiger partial charge < -0.3 is 5.11 Å². The molecule has 0 amide bonds. The second-order valence-corrected chi connectivity index (χ2v) is 25.6. The van der Waals surface area contributed by atoms with Gasteiger partial charge in [-0.05, 0) is 115 Å². The third-order valence-corrected chi connectivity index (χ3v) is 16.5. The second-order valence-electron chi connectivity index (χ2n) is 24.5. The lowest BCUT2D eigenvalue weighted by Gasteiger charge is -2.28. The Hall–Kier alpha value is -7.02. The van der Waals surface area contributed by atoms with Crippen LogP contribution in [0.25, 0.3) is 70.5 Å². The number of para-hydroxylation sites is 2. The molecule has 0 saturated carbocycles. The Morgan fingerprint density at radius 1 is 0.493 bits per heavy atom. The Balaban J connectivity index is 1.19. The number of thiophene rings is 1. The number of hydrogen-bond acceptors (Lipinski definition) is 4. The molecule has 0 bridgehead atoms. The van der Waals surface area contributed by atoms with Crippen molar-refractivity contribution >= 4 is 72.2 Å². The van der Waals surface area contributed by atoms with E-state index >= 15 is 0 Å². The molecule has 0 atom stereocenters. The van der Waals surface area contributed by atoms with E-state index in [2.05, 4.69) is 252 Å². The van der Waals surface area contributed by atoms with Crippen molar-refractivity contribution in [1.29, 1.82) is 0 Å². The summed E-state index contributed by atoms with van der Waals surface area (Å²) in [5.74, 6) is 1.16. The summed E-state index contributed by atoms with van der Waals surface area (Å²) in [5.41, 5.74) is 17.4. The second kappa shape index (κ2) is 17.3. The molecular weight excluding hydrogens is 906 g/mol. The maximum atomic E-state index is 12.7. The standard InChI is InChI=1S/C67H66BN3OS/c1-40-48-38-50-46-27-20-21-30-56(46)71(57(50)39-58(48)73-62(40)42-25-18-15-19-26-42)59-37-45(66(8,9)10)36-55(69-59)47-28-22-29-54-60(47)70-63(51-34-44(65(5,6)7)35-52(61(51)72)67(11,12)13)68(54)53-32-31-43(64(2,3)4)33-49(53)41-23-16-14-17-24-41/h14-39,72H,1-13H3. The van der Waals surface area contributed by atoms with Crippen LogP contribution in [0.1, 0.15) is 116 Å². The highest BCUT2D eigenvalue weighted by molar-refractivity contribution is 7.22. The lowest BCUT2D eigenvalue weighted by Crippen LogP contribution is -2.48. The van der Waals surface area contributed by atoms with Gasteiger partial charge in [-0.15, -0.1) is 11.3 Å². The molecule has 3 aromatic heterocycles. The maximum absolute atomic E-state index is 12.7. The fourth-order valence-corrected chi connectivity index (χ4v) is 12.2. The van der Waals surface area contributed by atoms with Crippen molar-refractivity contribution in [3.05, 3.63) is 191 Å². The van der Waals surface area contributed by atoms with Gasteiger partial charge in [-0.25, -0.2) is 4.98 Å². The van der Waals surface area contributed by atoms with Gasteiger partial charge in [0.25, 0.3) is 6.71 Å². The highest BCUT2D eigenvalue weighted by Crippen LogP contribution is 2.45. The van der Waals surface area contributed by atoms with Crippen molar-refractivity contribution in [1.82, 2.24) is 9.55 Å². The normalized spacial score (nSPS) is 13.4. The summed E-state index contributed by atoms with van der Waals surface area (Å²) >= 11 is 1.86. The summed E-state index contributed by atoms with van der Waals surface area (Å²) in [7, 11) is 0. The van der Waals surface area contributed by atoms with E-state index in [1.54, 1.807) is 0 Å². The predicted octanol–water partition coefficient (Wildman–Crippen LogP) is 16.9. The molecular formula is C67H66BN3OS. The van der Waals surface area contributed by atoms with Gasteiger partial charge in [-0.3, -0.25) is 9.56 Å². The Kier molecular flexibility index (Phi) is 11.4. The van der Waals surface area contributed by atoms with Gasteiger partial charge >= 0.3 is 0 Å². The average molecular weight is 972 g/mol. The summed E-state index contributed by atoms with van der Waals surface area (Å²) in [6.07, 6.45) is 0. The van der Waals surface area contributed by atoms with Crippen LogP contribution in [-0.4, -0.2) is 27.0 Å². The number of rotatable bonds is 6. The smallest absolute Gasteiger partial charge is 0.269 e. The van der Waals surface area contributed by atoms with Crippen molar-refractivity contribution in [2.24, 2.45) is 4.99 Å². The van der Waals surface area contributed by atoms with Crippen molar-refractivity contribution in [2.75, 3.05) is 0 Å². The molecule has 0 fully saturated rings. The molecule has 7 aromatic carbocycles. The largest absolute Gasteiger partial charge is 0.507 e. The van der Waals surface area contributed by atoms with Crippen LogP contribution < -0.4 is 10.9 Å². The van der Waals surface area contributed by atoms with Gasteiger partial charge in [-0.2, -0.15) is 0 Å². The van der Waals surface area contributed by atoms with Crippen LogP contribution in [0.4, 0.5) is 5.69 Å². The fourth-order valence-electron chi connectivity index (χ4n) is 11.0. The number of phenolic OH excluding ortho intramolecular Hbond substituents is 1. The van der Waals surface area contributed by atoms with E-state index < -0.39 is 0 Å². The van der Waals surface area contributed by atoms with Crippen LogP contribution in [0.5, 0.6) is 5.75 Å². The zero-order valence-corrected chi connectivity index (χ0v) is 45.6. The quantitative estimate of drug-likeness (QED) is 0.169. The van der Waals surface area contributed by atoms with Crippen molar-refractivity contribution in [2.45, 2.75) is 112 Å². The van der Waals surface area contributed by atoms with E-state index in [0.29, 0.717) is 5.75 Å². The van der Waals surface area contributed by atoms with Crippen LogP contribution in [0, 0.1) is 6.92 Å². The van der Waals surface area contributed by atoms with Gasteiger partial charge in [0.05, 0.1) is 22.4 Å². The highest BCUT2D eigenvalue weighted by Gasteiger charge is 2.40. The first-order valence-corrected chi connectivity index (χ1v) is 26.7. The molecule has 11 rings (SSSR count). The lowest BCUT2D eigenvalue weighted by atomic mass is 9.36. The molecule has 4 heterocycles. The molecule has 364 valence electrons. The van der Waals surface area contributed by atoms with Gasteiger partial charge in [0, 0.05) is 42.7 Å². The molecule has 1 aliphatic rings. The molecule has 73 heavy (non-hydrogen) atoms. The highest BCUT2D eigenvalue weighted by atomic mass is 32.1. The molecule has 4 nitrogen and oxygen atoms in total. The topological polar surface area (TPSA) is 50.4 Å². The number of nitrogens with zero attached hydrogens (tertiary/aromatic N) is 3. The summed E-state index contributed by atoms with van der Waals surface area (Å²) in [6, 6.07) is 57.7. The van der Waals surface area contributed by atoms with E-state index in [4.69, 9.17) is 9.98 Å². The van der Waals surface area contributed by atoms with E-state index in [0.717, 1.165) is 72.6 Å². The number of aryl methyl sites for hydroxylation is 1. The van der Waals surface area contributed by atoms with Crippen LogP contribution in [-0.2, 0) is 21.7 Å².